The van der Waals surface area contributed by atoms with Crippen LogP contribution in [0.4, 0.5) is 0 Å². The van der Waals surface area contributed by atoms with Gasteiger partial charge in [0.2, 0.25) is 0 Å². The minimum atomic E-state index is -0.352. The second-order valence-corrected chi connectivity index (χ2v) is 5.54. The fraction of sp³-hybridized carbons (Fsp3) is 0.133. The standard InChI is InChI=1S/C15H12BrN3O3/c16-12-3-1-2-10(17-12)14-18-11-5-8(6-20)4-9(7-21)13(11)15(22)19-14/h1-5,20-21H,6-7H2,(H,18,19,22). The molecular formula is C15H12BrN3O3. The molecule has 1 aromatic carbocycles. The monoisotopic (exact) mass is 361 g/mol. The van der Waals surface area contributed by atoms with Crippen LogP contribution in [0.25, 0.3) is 22.4 Å². The average molecular weight is 362 g/mol. The van der Waals surface area contributed by atoms with Crippen molar-refractivity contribution in [3.63, 3.8) is 0 Å². The molecule has 7 heteroatoms. The smallest absolute Gasteiger partial charge is 0.259 e. The highest BCUT2D eigenvalue weighted by molar-refractivity contribution is 9.10. The Kier molecular flexibility index (Phi) is 4.02. The van der Waals surface area contributed by atoms with Gasteiger partial charge >= 0.3 is 0 Å². The molecule has 0 aliphatic heterocycles. The van der Waals surface area contributed by atoms with Crippen molar-refractivity contribution in [1.82, 2.24) is 15.0 Å². The predicted octanol–water partition coefficient (Wildman–Crippen LogP) is 1.73. The van der Waals surface area contributed by atoms with Crippen molar-refractivity contribution in [2.75, 3.05) is 0 Å². The van der Waals surface area contributed by atoms with Crippen LogP contribution < -0.4 is 5.56 Å². The molecule has 0 saturated heterocycles. The first-order chi connectivity index (χ1) is 10.6. The van der Waals surface area contributed by atoms with Gasteiger partial charge in [-0.05, 0) is 45.3 Å². The number of aliphatic hydroxyl groups is 2. The molecule has 0 saturated carbocycles. The molecule has 0 aliphatic rings. The van der Waals surface area contributed by atoms with Gasteiger partial charge in [-0.2, -0.15) is 0 Å². The Balaban J connectivity index is 2.30. The van der Waals surface area contributed by atoms with E-state index in [2.05, 4.69) is 30.9 Å². The lowest BCUT2D eigenvalue weighted by atomic mass is 10.1. The molecule has 3 aromatic rings. The van der Waals surface area contributed by atoms with Gasteiger partial charge in [-0.1, -0.05) is 12.1 Å². The summed E-state index contributed by atoms with van der Waals surface area (Å²) < 4.78 is 0.632. The van der Waals surface area contributed by atoms with Crippen molar-refractivity contribution in [1.29, 1.82) is 0 Å². The number of aromatic nitrogens is 3. The highest BCUT2D eigenvalue weighted by Crippen LogP contribution is 2.20. The van der Waals surface area contributed by atoms with E-state index in [-0.39, 0.29) is 18.8 Å². The predicted molar refractivity (Wildman–Crippen MR) is 85.1 cm³/mol. The lowest BCUT2D eigenvalue weighted by Crippen LogP contribution is -2.13. The number of benzene rings is 1. The minimum Gasteiger partial charge on any atom is -0.392 e. The normalized spacial score (nSPS) is 11.0. The van der Waals surface area contributed by atoms with Crippen LogP contribution in [-0.2, 0) is 13.2 Å². The van der Waals surface area contributed by atoms with Crippen molar-refractivity contribution >= 4 is 26.8 Å². The molecule has 0 radical (unpaired) electrons. The maximum atomic E-state index is 12.3. The Morgan fingerprint density at radius 1 is 1.14 bits per heavy atom. The zero-order chi connectivity index (χ0) is 15.7. The van der Waals surface area contributed by atoms with Crippen LogP contribution in [0.1, 0.15) is 11.1 Å². The number of fused-ring (bicyclic) bond motifs is 1. The van der Waals surface area contributed by atoms with Crippen LogP contribution in [0.3, 0.4) is 0 Å². The molecule has 0 unspecified atom stereocenters. The Hall–Kier alpha value is -2.09. The van der Waals surface area contributed by atoms with Crippen LogP contribution in [0.5, 0.6) is 0 Å². The number of hydrogen-bond acceptors (Lipinski definition) is 5. The quantitative estimate of drug-likeness (QED) is 0.617. The lowest BCUT2D eigenvalue weighted by molar-refractivity contribution is 0.276. The largest absolute Gasteiger partial charge is 0.392 e. The van der Waals surface area contributed by atoms with Gasteiger partial charge in [0.05, 0.1) is 24.1 Å². The van der Waals surface area contributed by atoms with Gasteiger partial charge in [0.15, 0.2) is 5.82 Å². The lowest BCUT2D eigenvalue weighted by Gasteiger charge is -2.08. The summed E-state index contributed by atoms with van der Waals surface area (Å²) in [6.45, 7) is -0.495. The van der Waals surface area contributed by atoms with Crippen molar-refractivity contribution < 1.29 is 10.2 Å². The molecule has 0 spiro atoms. The Labute approximate surface area is 133 Å². The first-order valence-corrected chi connectivity index (χ1v) is 7.32. The fourth-order valence-electron chi connectivity index (χ4n) is 2.30. The minimum absolute atomic E-state index is 0.193. The number of H-pyrrole nitrogens is 1. The second kappa shape index (κ2) is 5.96. The van der Waals surface area contributed by atoms with E-state index in [1.54, 1.807) is 30.3 Å². The Bertz CT molecular complexity index is 908. The van der Waals surface area contributed by atoms with E-state index in [4.69, 9.17) is 0 Å². The number of nitrogens with zero attached hydrogens (tertiary/aromatic N) is 2. The molecule has 3 N–H and O–H groups in total. The Morgan fingerprint density at radius 3 is 2.64 bits per heavy atom. The van der Waals surface area contributed by atoms with Gasteiger partial charge in [0, 0.05) is 0 Å². The molecule has 22 heavy (non-hydrogen) atoms. The number of aromatic amines is 1. The van der Waals surface area contributed by atoms with Crippen LogP contribution in [0.15, 0.2) is 39.7 Å². The zero-order valence-electron chi connectivity index (χ0n) is 11.4. The molecule has 0 aliphatic carbocycles. The van der Waals surface area contributed by atoms with Crippen LogP contribution in [-0.4, -0.2) is 25.2 Å². The molecule has 0 bridgehead atoms. The third-order valence-electron chi connectivity index (χ3n) is 3.26. The zero-order valence-corrected chi connectivity index (χ0v) is 13.0. The van der Waals surface area contributed by atoms with Crippen LogP contribution in [0, 0.1) is 0 Å². The number of aliphatic hydroxyl groups excluding tert-OH is 2. The third kappa shape index (κ3) is 2.66. The summed E-state index contributed by atoms with van der Waals surface area (Å²) in [6.07, 6.45) is 0. The summed E-state index contributed by atoms with van der Waals surface area (Å²) in [5.41, 5.74) is 1.60. The van der Waals surface area contributed by atoms with Crippen molar-refractivity contribution in [3.8, 4) is 11.5 Å². The van der Waals surface area contributed by atoms with Crippen molar-refractivity contribution in [3.05, 3.63) is 56.4 Å². The van der Waals surface area contributed by atoms with E-state index < -0.39 is 0 Å². The molecule has 2 aromatic heterocycles. The molecule has 2 heterocycles. The molecule has 0 fully saturated rings. The average Bonchev–Trinajstić information content (AvgIpc) is 2.53. The van der Waals surface area contributed by atoms with Gasteiger partial charge in [-0.25, -0.2) is 9.97 Å². The molecule has 3 rings (SSSR count). The maximum Gasteiger partial charge on any atom is 0.259 e. The SMILES string of the molecule is O=c1[nH]c(-c2cccc(Br)n2)nc2cc(CO)cc(CO)c12. The maximum absolute atomic E-state index is 12.3. The number of pyridine rings is 1. The third-order valence-corrected chi connectivity index (χ3v) is 3.70. The van der Waals surface area contributed by atoms with Crippen molar-refractivity contribution in [2.45, 2.75) is 13.2 Å². The van der Waals surface area contributed by atoms with E-state index in [0.29, 0.717) is 38.2 Å². The number of halogens is 1. The van der Waals surface area contributed by atoms with E-state index in [9.17, 15) is 15.0 Å². The van der Waals surface area contributed by atoms with Crippen LogP contribution >= 0.6 is 15.9 Å². The summed E-state index contributed by atoms with van der Waals surface area (Å²) in [4.78, 5) is 23.7. The van der Waals surface area contributed by atoms with Crippen molar-refractivity contribution in [2.24, 2.45) is 0 Å². The Morgan fingerprint density at radius 2 is 1.95 bits per heavy atom. The molecule has 6 nitrogen and oxygen atoms in total. The van der Waals surface area contributed by atoms with E-state index in [1.165, 1.54) is 0 Å². The topological polar surface area (TPSA) is 99.1 Å². The molecule has 0 atom stereocenters. The number of hydrogen-bond donors (Lipinski definition) is 3. The van der Waals surface area contributed by atoms with E-state index >= 15 is 0 Å². The van der Waals surface area contributed by atoms with Crippen LogP contribution in [0.2, 0.25) is 0 Å². The fourth-order valence-corrected chi connectivity index (χ4v) is 2.64. The van der Waals surface area contributed by atoms with Gasteiger partial charge in [-0.15, -0.1) is 0 Å². The van der Waals surface area contributed by atoms with Gasteiger partial charge in [0.25, 0.3) is 5.56 Å². The highest BCUT2D eigenvalue weighted by Gasteiger charge is 2.12. The second-order valence-electron chi connectivity index (χ2n) is 4.73. The summed E-state index contributed by atoms with van der Waals surface area (Å²) in [5, 5.41) is 19.0. The molecule has 0 amide bonds. The highest BCUT2D eigenvalue weighted by atomic mass is 79.9. The van der Waals surface area contributed by atoms with Gasteiger partial charge in [-0.3, -0.25) is 4.79 Å². The first-order valence-electron chi connectivity index (χ1n) is 6.53. The van der Waals surface area contributed by atoms with Gasteiger partial charge < -0.3 is 15.2 Å². The number of rotatable bonds is 3. The summed E-state index contributed by atoms with van der Waals surface area (Å²) in [6, 6.07) is 8.52. The molecular weight excluding hydrogens is 350 g/mol. The summed E-state index contributed by atoms with van der Waals surface area (Å²) in [5.74, 6) is 0.331. The van der Waals surface area contributed by atoms with E-state index in [1.807, 2.05) is 0 Å². The first kappa shape index (κ1) is 14.8. The van der Waals surface area contributed by atoms with Gasteiger partial charge in [0.1, 0.15) is 10.3 Å². The summed E-state index contributed by atoms with van der Waals surface area (Å²) in [7, 11) is 0. The van der Waals surface area contributed by atoms with E-state index in [0.717, 1.165) is 0 Å². The number of nitrogens with one attached hydrogen (secondary N) is 1. The summed E-state index contributed by atoms with van der Waals surface area (Å²) >= 11 is 3.28. The molecule has 112 valence electrons.